The van der Waals surface area contributed by atoms with Gasteiger partial charge in [0, 0.05) is 29.1 Å². The van der Waals surface area contributed by atoms with E-state index in [2.05, 4.69) is 10.3 Å². The molecule has 0 unspecified atom stereocenters. The minimum atomic E-state index is -0.385. The molecular weight excluding hydrogens is 410 g/mol. The summed E-state index contributed by atoms with van der Waals surface area (Å²) in [6.45, 7) is 0. The van der Waals surface area contributed by atoms with Crippen molar-refractivity contribution in [1.82, 2.24) is 9.55 Å². The average Bonchev–Trinajstić information content (AvgIpc) is 2.84. The largest absolute Gasteiger partial charge is 0.497 e. The number of anilines is 1. The number of fused-ring (bicyclic) bond motifs is 1. The van der Waals surface area contributed by atoms with Gasteiger partial charge in [0.15, 0.2) is 0 Å². The Morgan fingerprint density at radius 3 is 2.38 bits per heavy atom. The van der Waals surface area contributed by atoms with Crippen LogP contribution in [0.3, 0.4) is 0 Å². The van der Waals surface area contributed by atoms with E-state index in [0.717, 1.165) is 0 Å². The first kappa shape index (κ1) is 20.9. The lowest BCUT2D eigenvalue weighted by Crippen LogP contribution is -2.23. The Bertz CT molecular complexity index is 1350. The number of ether oxygens (including phenoxy) is 3. The number of hydrogen-bond acceptors (Lipinski definition) is 6. The van der Waals surface area contributed by atoms with Crippen molar-refractivity contribution in [3.63, 3.8) is 0 Å². The molecule has 0 saturated carbocycles. The van der Waals surface area contributed by atoms with Gasteiger partial charge in [0.05, 0.1) is 44.5 Å². The topological polar surface area (TPSA) is 91.7 Å². The summed E-state index contributed by atoms with van der Waals surface area (Å²) >= 11 is 0. The molecule has 8 heteroatoms. The second-order valence-corrected chi connectivity index (χ2v) is 6.84. The lowest BCUT2D eigenvalue weighted by Gasteiger charge is -2.16. The summed E-state index contributed by atoms with van der Waals surface area (Å²) in [5.41, 5.74) is 0.995. The molecule has 8 nitrogen and oxygen atoms in total. The van der Waals surface area contributed by atoms with E-state index >= 15 is 0 Å². The Balaban J connectivity index is 1.87. The van der Waals surface area contributed by atoms with Crippen LogP contribution in [-0.2, 0) is 0 Å². The fraction of sp³-hybridized carbons (Fsp3) is 0.125. The van der Waals surface area contributed by atoms with Crippen molar-refractivity contribution in [2.24, 2.45) is 0 Å². The Morgan fingerprint density at radius 2 is 1.72 bits per heavy atom. The number of nitrogens with zero attached hydrogens (tertiary/aromatic N) is 2. The number of pyridine rings is 2. The summed E-state index contributed by atoms with van der Waals surface area (Å²) in [5.74, 6) is 1.07. The van der Waals surface area contributed by atoms with Crippen molar-refractivity contribution in [3.8, 4) is 23.1 Å². The highest BCUT2D eigenvalue weighted by molar-refractivity contribution is 6.12. The van der Waals surface area contributed by atoms with E-state index in [9.17, 15) is 9.59 Å². The summed E-state index contributed by atoms with van der Waals surface area (Å²) in [5, 5.41) is 3.76. The van der Waals surface area contributed by atoms with Crippen LogP contribution < -0.4 is 25.1 Å². The Morgan fingerprint density at radius 1 is 0.938 bits per heavy atom. The van der Waals surface area contributed by atoms with Crippen molar-refractivity contribution in [2.75, 3.05) is 26.6 Å². The van der Waals surface area contributed by atoms with Crippen molar-refractivity contribution >= 4 is 22.4 Å². The van der Waals surface area contributed by atoms with Gasteiger partial charge in [-0.1, -0.05) is 18.2 Å². The van der Waals surface area contributed by atoms with Crippen LogP contribution in [0, 0.1) is 0 Å². The van der Waals surface area contributed by atoms with Gasteiger partial charge in [0.2, 0.25) is 5.88 Å². The molecule has 32 heavy (non-hydrogen) atoms. The summed E-state index contributed by atoms with van der Waals surface area (Å²) in [4.78, 5) is 30.6. The van der Waals surface area contributed by atoms with Crippen molar-refractivity contribution in [2.45, 2.75) is 0 Å². The average molecular weight is 431 g/mol. The standard InChI is InChI=1S/C24H21N3O5/c1-30-16-9-10-21(31-2)20(12-16)27-14-19(17-6-4-5-7-18(17)24(27)29)23(28)26-15-8-11-22(32-3)25-13-15/h4-14H,1-3H3,(H,26,28). The van der Waals surface area contributed by atoms with Gasteiger partial charge in [0.25, 0.3) is 11.5 Å². The fourth-order valence-electron chi connectivity index (χ4n) is 3.41. The number of hydrogen-bond donors (Lipinski definition) is 1. The van der Waals surface area contributed by atoms with Crippen LogP contribution in [0.2, 0.25) is 0 Å². The molecule has 0 fully saturated rings. The summed E-state index contributed by atoms with van der Waals surface area (Å²) in [6, 6.07) is 15.4. The van der Waals surface area contributed by atoms with Crippen LogP contribution in [0.4, 0.5) is 5.69 Å². The van der Waals surface area contributed by atoms with Gasteiger partial charge >= 0.3 is 0 Å². The maximum absolute atomic E-state index is 13.3. The van der Waals surface area contributed by atoms with Crippen LogP contribution in [0.5, 0.6) is 17.4 Å². The molecule has 0 bridgehead atoms. The molecule has 4 rings (SSSR count). The lowest BCUT2D eigenvalue weighted by atomic mass is 10.1. The van der Waals surface area contributed by atoms with E-state index < -0.39 is 0 Å². The van der Waals surface area contributed by atoms with Crippen molar-refractivity contribution in [1.29, 1.82) is 0 Å². The number of carbonyl (C=O) groups excluding carboxylic acids is 1. The summed E-state index contributed by atoms with van der Waals surface area (Å²) in [7, 11) is 4.57. The van der Waals surface area contributed by atoms with Gasteiger partial charge in [-0.25, -0.2) is 4.98 Å². The maximum Gasteiger partial charge on any atom is 0.263 e. The predicted octanol–water partition coefficient (Wildman–Crippen LogP) is 3.66. The van der Waals surface area contributed by atoms with Gasteiger partial charge in [-0.15, -0.1) is 0 Å². The highest BCUT2D eigenvalue weighted by atomic mass is 16.5. The Hall–Kier alpha value is -4.33. The van der Waals surface area contributed by atoms with Crippen molar-refractivity contribution < 1.29 is 19.0 Å². The maximum atomic E-state index is 13.3. The molecule has 0 spiro atoms. The highest BCUT2D eigenvalue weighted by Crippen LogP contribution is 2.28. The third kappa shape index (κ3) is 3.85. The molecule has 2 heterocycles. The highest BCUT2D eigenvalue weighted by Gasteiger charge is 2.18. The van der Waals surface area contributed by atoms with E-state index in [0.29, 0.717) is 45.1 Å². The van der Waals surface area contributed by atoms with Gasteiger partial charge in [-0.2, -0.15) is 0 Å². The molecule has 2 aromatic carbocycles. The minimum Gasteiger partial charge on any atom is -0.497 e. The first-order chi connectivity index (χ1) is 15.5. The first-order valence-corrected chi connectivity index (χ1v) is 9.74. The number of nitrogens with one attached hydrogen (secondary N) is 1. The number of benzene rings is 2. The monoisotopic (exact) mass is 431 g/mol. The third-order valence-corrected chi connectivity index (χ3v) is 5.02. The normalized spacial score (nSPS) is 10.6. The molecule has 0 atom stereocenters. The van der Waals surface area contributed by atoms with Gasteiger partial charge in [0.1, 0.15) is 11.5 Å². The van der Waals surface area contributed by atoms with Gasteiger partial charge in [-0.05, 0) is 24.3 Å². The van der Waals surface area contributed by atoms with E-state index in [4.69, 9.17) is 14.2 Å². The van der Waals surface area contributed by atoms with Crippen LogP contribution in [-0.4, -0.2) is 36.8 Å². The molecule has 2 aromatic heterocycles. The fourth-order valence-corrected chi connectivity index (χ4v) is 3.41. The number of amides is 1. The quantitative estimate of drug-likeness (QED) is 0.501. The van der Waals surface area contributed by atoms with Gasteiger partial charge in [-0.3, -0.25) is 14.2 Å². The Kier molecular flexibility index (Phi) is 5.76. The molecule has 0 radical (unpaired) electrons. The van der Waals surface area contributed by atoms with E-state index in [1.807, 2.05) is 0 Å². The lowest BCUT2D eigenvalue weighted by molar-refractivity contribution is 0.102. The van der Waals surface area contributed by atoms with Crippen LogP contribution in [0.25, 0.3) is 16.5 Å². The van der Waals surface area contributed by atoms with Crippen LogP contribution >= 0.6 is 0 Å². The predicted molar refractivity (Wildman–Crippen MR) is 121 cm³/mol. The molecule has 0 saturated heterocycles. The zero-order chi connectivity index (χ0) is 22.7. The molecule has 0 aliphatic carbocycles. The van der Waals surface area contributed by atoms with Crippen LogP contribution in [0.1, 0.15) is 10.4 Å². The number of carbonyl (C=O) groups is 1. The first-order valence-electron chi connectivity index (χ1n) is 9.74. The second-order valence-electron chi connectivity index (χ2n) is 6.84. The molecule has 4 aromatic rings. The SMILES string of the molecule is COc1ccc(OC)c(-n2cc(C(=O)Nc3ccc(OC)nc3)c3ccccc3c2=O)c1. The number of aromatic nitrogens is 2. The minimum absolute atomic E-state index is 0.283. The summed E-state index contributed by atoms with van der Waals surface area (Å²) < 4.78 is 17.2. The number of methoxy groups -OCH3 is 3. The van der Waals surface area contributed by atoms with Gasteiger partial charge < -0.3 is 19.5 Å². The summed E-state index contributed by atoms with van der Waals surface area (Å²) in [6.07, 6.45) is 3.01. The van der Waals surface area contributed by atoms with E-state index in [1.54, 1.807) is 54.6 Å². The zero-order valence-electron chi connectivity index (χ0n) is 17.8. The van der Waals surface area contributed by atoms with Crippen LogP contribution in [0.15, 0.2) is 71.8 Å². The van der Waals surface area contributed by atoms with E-state index in [-0.39, 0.29) is 11.5 Å². The Labute approximate surface area is 184 Å². The second kappa shape index (κ2) is 8.81. The molecular formula is C24H21N3O5. The molecule has 1 N–H and O–H groups in total. The molecule has 0 aliphatic rings. The third-order valence-electron chi connectivity index (χ3n) is 5.02. The number of rotatable bonds is 6. The van der Waals surface area contributed by atoms with E-state index in [1.165, 1.54) is 38.3 Å². The smallest absolute Gasteiger partial charge is 0.263 e. The molecule has 0 aliphatic heterocycles. The molecule has 1 amide bonds. The zero-order valence-corrected chi connectivity index (χ0v) is 17.8. The van der Waals surface area contributed by atoms with Crippen molar-refractivity contribution in [3.05, 3.63) is 82.9 Å². The molecule has 162 valence electrons.